The summed E-state index contributed by atoms with van der Waals surface area (Å²) in [4.78, 5) is 11.6. The van der Waals surface area contributed by atoms with E-state index in [0.717, 1.165) is 12.1 Å². The summed E-state index contributed by atoms with van der Waals surface area (Å²) in [6.07, 6.45) is -5.40. The van der Waals surface area contributed by atoms with E-state index in [1.54, 1.807) is 6.92 Å². The smallest absolute Gasteiger partial charge is 0.392 e. The molecule has 1 rings (SSSR count). The Balaban J connectivity index is 2.63. The van der Waals surface area contributed by atoms with Gasteiger partial charge in [-0.25, -0.2) is 4.39 Å². The van der Waals surface area contributed by atoms with E-state index in [1.165, 1.54) is 0 Å². The summed E-state index contributed by atoms with van der Waals surface area (Å²) >= 11 is 0. The maximum Gasteiger partial charge on any atom is 0.419 e. The lowest BCUT2D eigenvalue weighted by atomic mass is 10.1. The molecule has 0 saturated carbocycles. The number of hydrogen-bond acceptors (Lipinski definition) is 3. The molecule has 0 aromatic heterocycles. The first-order chi connectivity index (χ1) is 9.73. The van der Waals surface area contributed by atoms with Crippen molar-refractivity contribution < 1.29 is 27.5 Å². The Hall–Kier alpha value is -1.67. The van der Waals surface area contributed by atoms with Crippen molar-refractivity contribution >= 4 is 5.91 Å². The minimum Gasteiger partial charge on any atom is -0.392 e. The first-order valence-electron chi connectivity index (χ1n) is 6.26. The number of carbonyl (C=O) groups is 1. The molecule has 21 heavy (non-hydrogen) atoms. The minimum atomic E-state index is -4.85. The molecular formula is C13H16F4N2O2. The van der Waals surface area contributed by atoms with Crippen LogP contribution in [0.2, 0.25) is 0 Å². The van der Waals surface area contributed by atoms with Gasteiger partial charge in [0.15, 0.2) is 0 Å². The summed E-state index contributed by atoms with van der Waals surface area (Å²) in [5, 5.41) is 14.1. The van der Waals surface area contributed by atoms with E-state index in [9.17, 15) is 22.4 Å². The standard InChI is InChI=1S/C13H16F4N2O2/c1-8(20)7-18-5-6-19-12(21)9-3-2-4-10(11(9)14)13(15,16)17/h2-4,8,18,20H,5-7H2,1H3,(H,19,21). The average Bonchev–Trinajstić information content (AvgIpc) is 2.36. The third kappa shape index (κ3) is 5.31. The minimum absolute atomic E-state index is 0.0985. The number of hydrogen-bond donors (Lipinski definition) is 3. The van der Waals surface area contributed by atoms with Crippen molar-refractivity contribution in [2.24, 2.45) is 0 Å². The average molecular weight is 308 g/mol. The second kappa shape index (κ2) is 7.37. The number of benzene rings is 1. The molecule has 8 heteroatoms. The predicted octanol–water partition coefficient (Wildman–Crippen LogP) is 1.54. The summed E-state index contributed by atoms with van der Waals surface area (Å²) in [5.41, 5.74) is -2.12. The lowest BCUT2D eigenvalue weighted by Crippen LogP contribution is -2.35. The number of carbonyl (C=O) groups excluding carboxylic acids is 1. The number of rotatable bonds is 6. The monoisotopic (exact) mass is 308 g/mol. The third-order valence-electron chi connectivity index (χ3n) is 2.58. The van der Waals surface area contributed by atoms with Crippen LogP contribution in [0.4, 0.5) is 17.6 Å². The van der Waals surface area contributed by atoms with Crippen molar-refractivity contribution in [2.45, 2.75) is 19.2 Å². The number of alkyl halides is 3. The van der Waals surface area contributed by atoms with Crippen LogP contribution in [0.15, 0.2) is 18.2 Å². The van der Waals surface area contributed by atoms with Gasteiger partial charge in [0.2, 0.25) is 0 Å². The van der Waals surface area contributed by atoms with Crippen molar-refractivity contribution in [1.82, 2.24) is 10.6 Å². The highest BCUT2D eigenvalue weighted by Gasteiger charge is 2.35. The van der Waals surface area contributed by atoms with Crippen LogP contribution >= 0.6 is 0 Å². The van der Waals surface area contributed by atoms with Crippen LogP contribution in [0, 0.1) is 5.82 Å². The van der Waals surface area contributed by atoms with Crippen LogP contribution < -0.4 is 10.6 Å². The summed E-state index contributed by atoms with van der Waals surface area (Å²) in [7, 11) is 0. The van der Waals surface area contributed by atoms with E-state index in [4.69, 9.17) is 5.11 Å². The number of halogens is 4. The molecule has 1 aromatic rings. The first kappa shape index (κ1) is 17.4. The van der Waals surface area contributed by atoms with Crippen LogP contribution in [0.5, 0.6) is 0 Å². The molecule has 1 aromatic carbocycles. The normalized spacial score (nSPS) is 13.0. The van der Waals surface area contributed by atoms with E-state index < -0.39 is 35.1 Å². The van der Waals surface area contributed by atoms with Crippen molar-refractivity contribution in [3.63, 3.8) is 0 Å². The van der Waals surface area contributed by atoms with Crippen molar-refractivity contribution in [1.29, 1.82) is 0 Å². The van der Waals surface area contributed by atoms with E-state index in [1.807, 2.05) is 0 Å². The number of amides is 1. The van der Waals surface area contributed by atoms with Gasteiger partial charge >= 0.3 is 6.18 Å². The quantitative estimate of drug-likeness (QED) is 0.552. The highest BCUT2D eigenvalue weighted by atomic mass is 19.4. The third-order valence-corrected chi connectivity index (χ3v) is 2.58. The summed E-state index contributed by atoms with van der Waals surface area (Å²) < 4.78 is 51.2. The molecule has 0 aliphatic rings. The van der Waals surface area contributed by atoms with Crippen LogP contribution in [0.25, 0.3) is 0 Å². The molecule has 4 nitrogen and oxygen atoms in total. The van der Waals surface area contributed by atoms with Gasteiger partial charge in [-0.2, -0.15) is 13.2 Å². The van der Waals surface area contributed by atoms with Gasteiger partial charge in [0.05, 0.1) is 17.2 Å². The largest absolute Gasteiger partial charge is 0.419 e. The molecule has 0 bridgehead atoms. The van der Waals surface area contributed by atoms with Crippen LogP contribution in [-0.4, -0.2) is 36.8 Å². The van der Waals surface area contributed by atoms with E-state index in [2.05, 4.69) is 10.6 Å². The topological polar surface area (TPSA) is 61.4 Å². The number of nitrogens with one attached hydrogen (secondary N) is 2. The van der Waals surface area contributed by atoms with Crippen LogP contribution in [-0.2, 0) is 6.18 Å². The Kier molecular flexibility index (Phi) is 6.10. The Labute approximate surface area is 119 Å². The molecule has 0 fully saturated rings. The van der Waals surface area contributed by atoms with Gasteiger partial charge in [0.1, 0.15) is 5.82 Å². The second-order valence-corrected chi connectivity index (χ2v) is 4.47. The van der Waals surface area contributed by atoms with Gasteiger partial charge < -0.3 is 15.7 Å². The van der Waals surface area contributed by atoms with Crippen LogP contribution in [0.1, 0.15) is 22.8 Å². The second-order valence-electron chi connectivity index (χ2n) is 4.47. The van der Waals surface area contributed by atoms with E-state index >= 15 is 0 Å². The lowest BCUT2D eigenvalue weighted by Gasteiger charge is -2.12. The fourth-order valence-corrected chi connectivity index (χ4v) is 1.60. The predicted molar refractivity (Wildman–Crippen MR) is 68.3 cm³/mol. The van der Waals surface area contributed by atoms with E-state index in [-0.39, 0.29) is 6.54 Å². The number of aliphatic hydroxyl groups is 1. The zero-order chi connectivity index (χ0) is 16.0. The molecule has 1 unspecified atom stereocenters. The van der Waals surface area contributed by atoms with Gasteiger partial charge in [-0.1, -0.05) is 6.07 Å². The highest BCUT2D eigenvalue weighted by molar-refractivity contribution is 5.94. The molecule has 0 radical (unpaired) electrons. The fourth-order valence-electron chi connectivity index (χ4n) is 1.60. The lowest BCUT2D eigenvalue weighted by molar-refractivity contribution is -0.140. The van der Waals surface area contributed by atoms with Crippen LogP contribution in [0.3, 0.4) is 0 Å². The Morgan fingerprint density at radius 3 is 2.57 bits per heavy atom. The Bertz CT molecular complexity index is 490. The van der Waals surface area contributed by atoms with Gasteiger partial charge in [-0.15, -0.1) is 0 Å². The summed E-state index contributed by atoms with van der Waals surface area (Å²) in [5.74, 6) is -2.50. The zero-order valence-electron chi connectivity index (χ0n) is 11.3. The van der Waals surface area contributed by atoms with Gasteiger partial charge in [0.25, 0.3) is 5.91 Å². The van der Waals surface area contributed by atoms with Crippen molar-refractivity contribution in [3.8, 4) is 0 Å². The molecule has 0 aliphatic carbocycles. The molecule has 0 heterocycles. The summed E-state index contributed by atoms with van der Waals surface area (Å²) in [6.45, 7) is 2.29. The number of aliphatic hydroxyl groups excluding tert-OH is 1. The van der Waals surface area contributed by atoms with Gasteiger partial charge in [-0.05, 0) is 19.1 Å². The molecule has 0 saturated heterocycles. The van der Waals surface area contributed by atoms with Gasteiger partial charge in [-0.3, -0.25) is 4.79 Å². The Morgan fingerprint density at radius 1 is 1.33 bits per heavy atom. The highest BCUT2D eigenvalue weighted by Crippen LogP contribution is 2.32. The summed E-state index contributed by atoms with van der Waals surface area (Å²) in [6, 6.07) is 2.55. The maximum absolute atomic E-state index is 13.7. The van der Waals surface area contributed by atoms with Crippen molar-refractivity contribution in [2.75, 3.05) is 19.6 Å². The first-order valence-corrected chi connectivity index (χ1v) is 6.26. The molecule has 1 atom stereocenters. The molecule has 0 aliphatic heterocycles. The maximum atomic E-state index is 13.7. The molecule has 0 spiro atoms. The van der Waals surface area contributed by atoms with Gasteiger partial charge in [0, 0.05) is 19.6 Å². The Morgan fingerprint density at radius 2 is 2.00 bits per heavy atom. The zero-order valence-corrected chi connectivity index (χ0v) is 11.3. The molecule has 118 valence electrons. The molecular weight excluding hydrogens is 292 g/mol. The fraction of sp³-hybridized carbons (Fsp3) is 0.462. The van der Waals surface area contributed by atoms with Crippen molar-refractivity contribution in [3.05, 3.63) is 35.1 Å². The molecule has 3 N–H and O–H groups in total. The molecule has 1 amide bonds. The van der Waals surface area contributed by atoms with E-state index in [0.29, 0.717) is 19.2 Å². The SMILES string of the molecule is CC(O)CNCCNC(=O)c1cccc(C(F)(F)F)c1F.